The molecule has 2 fully saturated rings. The Morgan fingerprint density at radius 2 is 1.86 bits per heavy atom. The highest BCUT2D eigenvalue weighted by molar-refractivity contribution is 5.75. The second-order valence-corrected chi connectivity index (χ2v) is 7.23. The number of nitrogens with two attached hydrogens (primary N) is 1. The van der Waals surface area contributed by atoms with Crippen LogP contribution in [0.1, 0.15) is 17.7 Å². The number of nitrogen functional groups attached to an aromatic ring is 1. The van der Waals surface area contributed by atoms with E-state index in [1.54, 1.807) is 0 Å². The van der Waals surface area contributed by atoms with Gasteiger partial charge in [-0.3, -0.25) is 0 Å². The van der Waals surface area contributed by atoms with Crippen LogP contribution < -0.4 is 15.5 Å². The van der Waals surface area contributed by atoms with Crippen LogP contribution in [0.15, 0.2) is 6.20 Å². The van der Waals surface area contributed by atoms with E-state index in [9.17, 15) is 8.78 Å². The van der Waals surface area contributed by atoms with Crippen LogP contribution in [0.5, 0.6) is 0 Å². The molecule has 1 atom stereocenters. The number of alkyl halides is 2. The summed E-state index contributed by atoms with van der Waals surface area (Å²) in [5, 5.41) is 0. The van der Waals surface area contributed by atoms with Crippen molar-refractivity contribution in [3.8, 4) is 11.3 Å². The number of nitrogens with zero attached hydrogens (tertiary/aromatic N) is 6. The van der Waals surface area contributed by atoms with E-state index in [1.807, 2.05) is 4.90 Å². The van der Waals surface area contributed by atoms with Crippen LogP contribution in [0.3, 0.4) is 0 Å². The van der Waals surface area contributed by atoms with Gasteiger partial charge in [0, 0.05) is 43.4 Å². The first-order valence-corrected chi connectivity index (χ1v) is 9.60. The molecule has 0 unspecified atom stereocenters. The smallest absolute Gasteiger partial charge is 0.281 e. The number of halogens is 2. The minimum atomic E-state index is -2.79. The van der Waals surface area contributed by atoms with Crippen molar-refractivity contribution in [2.75, 3.05) is 61.6 Å². The Labute approximate surface area is 165 Å². The summed E-state index contributed by atoms with van der Waals surface area (Å²) in [6.45, 7) is 4.32. The monoisotopic (exact) mass is 405 g/mol. The van der Waals surface area contributed by atoms with E-state index in [1.165, 1.54) is 6.20 Å². The predicted molar refractivity (Wildman–Crippen MR) is 101 cm³/mol. The second-order valence-electron chi connectivity index (χ2n) is 7.23. The lowest BCUT2D eigenvalue weighted by Gasteiger charge is -2.32. The molecule has 0 amide bonds. The minimum Gasteiger partial charge on any atom is -0.378 e. The number of fused-ring (bicyclic) bond motifs is 3. The molecule has 2 N–H and O–H groups in total. The lowest BCUT2D eigenvalue weighted by Crippen LogP contribution is -2.43. The standard InChI is InChI=1S/C18H21F2N7O2/c19-15(20)14-12(8-22-17(21)23-14)13-11-7-10-9-29-6-3-27(10)16(11)25-18(24-13)26-1-4-28-5-2-26/h8,10,15H,1-7,9H2,(H2,21,22,23)/t10-/m1/s1. The van der Waals surface area contributed by atoms with Crippen LogP contribution in [0, 0.1) is 0 Å². The van der Waals surface area contributed by atoms with Gasteiger partial charge in [0.1, 0.15) is 11.5 Å². The van der Waals surface area contributed by atoms with Crippen molar-refractivity contribution in [1.29, 1.82) is 0 Å². The van der Waals surface area contributed by atoms with Gasteiger partial charge in [0.05, 0.1) is 38.2 Å². The van der Waals surface area contributed by atoms with E-state index in [-0.39, 0.29) is 17.6 Å². The summed E-state index contributed by atoms with van der Waals surface area (Å²) >= 11 is 0. The van der Waals surface area contributed by atoms with Gasteiger partial charge in [0.2, 0.25) is 11.9 Å². The molecule has 0 spiro atoms. The van der Waals surface area contributed by atoms with Gasteiger partial charge in [0.15, 0.2) is 0 Å². The molecule has 0 bridgehead atoms. The van der Waals surface area contributed by atoms with Crippen molar-refractivity contribution >= 4 is 17.7 Å². The first-order valence-electron chi connectivity index (χ1n) is 9.60. The van der Waals surface area contributed by atoms with Crippen molar-refractivity contribution in [3.05, 3.63) is 17.5 Å². The van der Waals surface area contributed by atoms with E-state index in [4.69, 9.17) is 25.2 Å². The molecule has 5 heterocycles. The summed E-state index contributed by atoms with van der Waals surface area (Å²) < 4.78 is 38.5. The number of anilines is 3. The third-order valence-corrected chi connectivity index (χ3v) is 5.51. The fourth-order valence-corrected chi connectivity index (χ4v) is 4.11. The molecular formula is C18H21F2N7O2. The number of hydrogen-bond acceptors (Lipinski definition) is 9. The fourth-order valence-electron chi connectivity index (χ4n) is 4.11. The van der Waals surface area contributed by atoms with Crippen molar-refractivity contribution in [1.82, 2.24) is 19.9 Å². The number of ether oxygens (including phenoxy) is 2. The number of rotatable bonds is 3. The van der Waals surface area contributed by atoms with Crippen LogP contribution in [0.2, 0.25) is 0 Å². The molecule has 5 rings (SSSR count). The van der Waals surface area contributed by atoms with E-state index in [0.29, 0.717) is 64.1 Å². The lowest BCUT2D eigenvalue weighted by atomic mass is 10.0. The number of hydrogen-bond donors (Lipinski definition) is 1. The zero-order valence-electron chi connectivity index (χ0n) is 15.7. The van der Waals surface area contributed by atoms with E-state index < -0.39 is 12.1 Å². The van der Waals surface area contributed by atoms with Crippen molar-refractivity contribution < 1.29 is 18.3 Å². The Morgan fingerprint density at radius 1 is 1.07 bits per heavy atom. The molecule has 0 aromatic carbocycles. The van der Waals surface area contributed by atoms with Crippen LogP contribution in [-0.4, -0.2) is 72.0 Å². The maximum Gasteiger partial charge on any atom is 0.281 e. The highest BCUT2D eigenvalue weighted by atomic mass is 19.3. The van der Waals surface area contributed by atoms with Gasteiger partial charge < -0.3 is 25.0 Å². The third kappa shape index (κ3) is 3.23. The molecule has 11 heteroatoms. The zero-order valence-corrected chi connectivity index (χ0v) is 15.7. The Morgan fingerprint density at radius 3 is 2.66 bits per heavy atom. The largest absolute Gasteiger partial charge is 0.378 e. The fraction of sp³-hybridized carbons (Fsp3) is 0.556. The molecule has 0 aliphatic carbocycles. The minimum absolute atomic E-state index is 0.122. The molecule has 0 radical (unpaired) electrons. The van der Waals surface area contributed by atoms with Gasteiger partial charge in [-0.25, -0.2) is 23.7 Å². The average molecular weight is 405 g/mol. The van der Waals surface area contributed by atoms with Crippen LogP contribution >= 0.6 is 0 Å². The first kappa shape index (κ1) is 18.4. The summed E-state index contributed by atoms with van der Waals surface area (Å²) in [6.07, 6.45) is -0.829. The molecule has 29 heavy (non-hydrogen) atoms. The van der Waals surface area contributed by atoms with E-state index in [0.717, 1.165) is 11.4 Å². The van der Waals surface area contributed by atoms with E-state index >= 15 is 0 Å². The topological polar surface area (TPSA) is 103 Å². The Bertz CT molecular complexity index is 923. The summed E-state index contributed by atoms with van der Waals surface area (Å²) in [5.41, 5.74) is 6.62. The highest BCUT2D eigenvalue weighted by Crippen LogP contribution is 2.41. The second kappa shape index (κ2) is 7.30. The average Bonchev–Trinajstić information content (AvgIpc) is 3.12. The van der Waals surface area contributed by atoms with E-state index in [2.05, 4.69) is 14.9 Å². The summed E-state index contributed by atoms with van der Waals surface area (Å²) in [5.74, 6) is 1.10. The lowest BCUT2D eigenvalue weighted by molar-refractivity contribution is 0.0974. The molecule has 2 aromatic heterocycles. The van der Waals surface area contributed by atoms with Gasteiger partial charge in [-0.05, 0) is 0 Å². The molecule has 2 saturated heterocycles. The zero-order chi connectivity index (χ0) is 20.0. The molecule has 9 nitrogen and oxygen atoms in total. The number of aromatic nitrogens is 4. The van der Waals surface area contributed by atoms with Crippen molar-refractivity contribution in [2.24, 2.45) is 0 Å². The van der Waals surface area contributed by atoms with Gasteiger partial charge >= 0.3 is 0 Å². The summed E-state index contributed by atoms with van der Waals surface area (Å²) in [7, 11) is 0. The molecule has 2 aromatic rings. The SMILES string of the molecule is Nc1ncc(-c2nc(N3CCOCC3)nc3c2C[C@@H]2COCCN32)c(C(F)F)n1. The van der Waals surface area contributed by atoms with Crippen molar-refractivity contribution in [3.63, 3.8) is 0 Å². The Balaban J connectivity index is 1.68. The normalized spacial score (nSPS) is 21.4. The maximum absolute atomic E-state index is 13.7. The van der Waals surface area contributed by atoms with Crippen LogP contribution in [-0.2, 0) is 15.9 Å². The van der Waals surface area contributed by atoms with Gasteiger partial charge in [-0.2, -0.15) is 4.98 Å². The predicted octanol–water partition coefficient (Wildman–Crippen LogP) is 1.05. The van der Waals surface area contributed by atoms with Gasteiger partial charge in [0.25, 0.3) is 6.43 Å². The maximum atomic E-state index is 13.7. The van der Waals surface area contributed by atoms with Crippen LogP contribution in [0.25, 0.3) is 11.3 Å². The third-order valence-electron chi connectivity index (χ3n) is 5.51. The first-order chi connectivity index (χ1) is 14.1. The molecule has 154 valence electrons. The summed E-state index contributed by atoms with van der Waals surface area (Å²) in [4.78, 5) is 21.5. The molecule has 0 saturated carbocycles. The van der Waals surface area contributed by atoms with Gasteiger partial charge in [-0.1, -0.05) is 0 Å². The summed E-state index contributed by atoms with van der Waals surface area (Å²) in [6, 6.07) is 0.122. The Kier molecular flexibility index (Phi) is 4.63. The number of morpholine rings is 2. The molecular weight excluding hydrogens is 384 g/mol. The van der Waals surface area contributed by atoms with Gasteiger partial charge in [-0.15, -0.1) is 0 Å². The molecule has 3 aliphatic rings. The Hall–Kier alpha value is -2.66. The highest BCUT2D eigenvalue weighted by Gasteiger charge is 2.37. The van der Waals surface area contributed by atoms with Crippen molar-refractivity contribution in [2.45, 2.75) is 18.9 Å². The quantitative estimate of drug-likeness (QED) is 0.803. The molecule has 3 aliphatic heterocycles. The van der Waals surface area contributed by atoms with Crippen LogP contribution in [0.4, 0.5) is 26.5 Å².